The quantitative estimate of drug-likeness (QED) is 0.281. The predicted octanol–water partition coefficient (Wildman–Crippen LogP) is -0.157. The molecule has 0 fully saturated rings. The molecule has 10 nitrogen and oxygen atoms in total. The first kappa shape index (κ1) is 33.1. The summed E-state index contributed by atoms with van der Waals surface area (Å²) in [6, 6.07) is 0. The normalized spacial score (nSPS) is 11.9. The zero-order valence-electron chi connectivity index (χ0n) is 13.9. The van der Waals surface area contributed by atoms with E-state index < -0.39 is 29.3 Å². The highest BCUT2D eigenvalue weighted by Gasteiger charge is 1.99. The Morgan fingerprint density at radius 3 is 1.12 bits per heavy atom. The fourth-order valence-corrected chi connectivity index (χ4v) is 1.26. The van der Waals surface area contributed by atoms with Crippen LogP contribution in [0, 0.1) is 0 Å². The van der Waals surface area contributed by atoms with Crippen molar-refractivity contribution >= 4 is 40.0 Å². The summed E-state index contributed by atoms with van der Waals surface area (Å²) >= 11 is 0. The summed E-state index contributed by atoms with van der Waals surface area (Å²) < 4.78 is 69.2. The Hall–Kier alpha value is -0.540. The van der Waals surface area contributed by atoms with E-state index in [2.05, 4.69) is 19.0 Å². The Morgan fingerprint density at radius 1 is 0.731 bits per heavy atom. The number of aliphatic hydroxyl groups is 2. The van der Waals surface area contributed by atoms with Crippen molar-refractivity contribution in [2.75, 3.05) is 45.2 Å². The molecule has 0 aliphatic rings. The highest BCUT2D eigenvalue weighted by atomic mass is 35.7. The molecular formula is C12H27ClO10S3. The second-order valence-electron chi connectivity index (χ2n) is 3.97. The number of aliphatic hydroxyl groups excluding tert-OH is 2. The van der Waals surface area contributed by atoms with E-state index in [9.17, 15) is 25.3 Å². The van der Waals surface area contributed by atoms with Gasteiger partial charge in [0, 0.05) is 10.7 Å². The van der Waals surface area contributed by atoms with E-state index in [4.69, 9.17) is 10.2 Å². The largest absolute Gasteiger partial charge is 0.392 e. The summed E-state index contributed by atoms with van der Waals surface area (Å²) in [6.45, 7) is -0.237. The Morgan fingerprint density at radius 2 is 0.962 bits per heavy atom. The minimum Gasteiger partial charge on any atom is -0.392 e. The Balaban J connectivity index is -0.000000168. The van der Waals surface area contributed by atoms with Gasteiger partial charge in [0.15, 0.2) is 0 Å². The van der Waals surface area contributed by atoms with Crippen LogP contribution in [0.5, 0.6) is 0 Å². The average Bonchev–Trinajstić information content (AvgIpc) is 2.37. The number of halogens is 1. The van der Waals surface area contributed by atoms with Crippen molar-refractivity contribution in [3.05, 3.63) is 24.3 Å². The van der Waals surface area contributed by atoms with E-state index in [0.29, 0.717) is 0 Å². The van der Waals surface area contributed by atoms with Gasteiger partial charge in [-0.1, -0.05) is 31.7 Å². The molecule has 0 aromatic rings. The van der Waals surface area contributed by atoms with Gasteiger partial charge in [-0.05, 0) is 0 Å². The second-order valence-corrected chi connectivity index (χ2v) is 10.3. The topological polar surface area (TPSA) is 161 Å². The van der Waals surface area contributed by atoms with Gasteiger partial charge in [-0.2, -0.15) is 16.8 Å². The molecule has 26 heavy (non-hydrogen) atoms. The molecule has 0 atom stereocenters. The first-order valence-corrected chi connectivity index (χ1v) is 12.6. The van der Waals surface area contributed by atoms with Gasteiger partial charge in [0.2, 0.25) is 9.05 Å². The van der Waals surface area contributed by atoms with Crippen molar-refractivity contribution in [1.82, 2.24) is 0 Å². The van der Waals surface area contributed by atoms with Crippen molar-refractivity contribution in [3.8, 4) is 0 Å². The third kappa shape index (κ3) is 65.3. The SMILES string of the molecule is C.CS(=O)(=O)Cl.CS(=O)(=O)OC/C=C\COS(C)(=O)=O.OC/C=C\CO. The summed E-state index contributed by atoms with van der Waals surface area (Å²) in [5.41, 5.74) is 0. The number of hydrogen-bond donors (Lipinski definition) is 2. The lowest BCUT2D eigenvalue weighted by Gasteiger charge is -1.96. The molecule has 0 amide bonds. The maximum atomic E-state index is 10.4. The third-order valence-electron chi connectivity index (χ3n) is 1.30. The molecule has 0 radical (unpaired) electrons. The van der Waals surface area contributed by atoms with Crippen molar-refractivity contribution in [1.29, 1.82) is 0 Å². The predicted molar refractivity (Wildman–Crippen MR) is 101 cm³/mol. The van der Waals surface area contributed by atoms with Gasteiger partial charge in [0.25, 0.3) is 20.2 Å². The maximum absolute atomic E-state index is 10.4. The van der Waals surface area contributed by atoms with Crippen molar-refractivity contribution in [2.45, 2.75) is 7.43 Å². The van der Waals surface area contributed by atoms with E-state index in [0.717, 1.165) is 18.8 Å². The van der Waals surface area contributed by atoms with Gasteiger partial charge < -0.3 is 10.2 Å². The molecule has 160 valence electrons. The fraction of sp³-hybridized carbons (Fsp3) is 0.667. The van der Waals surface area contributed by atoms with Crippen LogP contribution in [-0.4, -0.2) is 80.7 Å². The summed E-state index contributed by atoms with van der Waals surface area (Å²) in [7, 11) is -5.59. The molecule has 0 aromatic carbocycles. The summed E-state index contributed by atoms with van der Waals surface area (Å²) in [4.78, 5) is 0. The van der Waals surface area contributed by atoms with Crippen molar-refractivity contribution in [3.63, 3.8) is 0 Å². The van der Waals surface area contributed by atoms with Gasteiger partial charge >= 0.3 is 0 Å². The molecule has 0 aliphatic heterocycles. The Kier molecular flexibility index (Phi) is 22.7. The molecule has 0 spiro atoms. The summed E-state index contributed by atoms with van der Waals surface area (Å²) in [5.74, 6) is 0. The molecule has 0 bridgehead atoms. The smallest absolute Gasteiger partial charge is 0.264 e. The Bertz CT molecular complexity index is 627. The van der Waals surface area contributed by atoms with Crippen molar-refractivity contribution < 1.29 is 43.8 Å². The van der Waals surface area contributed by atoms with Crippen molar-refractivity contribution in [2.24, 2.45) is 0 Å². The van der Waals surface area contributed by atoms with Crippen LogP contribution >= 0.6 is 10.7 Å². The lowest BCUT2D eigenvalue weighted by atomic mass is 10.5. The first-order valence-electron chi connectivity index (χ1n) is 6.22. The molecule has 0 saturated carbocycles. The van der Waals surface area contributed by atoms with Crippen LogP contribution in [0.15, 0.2) is 24.3 Å². The lowest BCUT2D eigenvalue weighted by Crippen LogP contribution is -2.04. The van der Waals surface area contributed by atoms with Crippen LogP contribution < -0.4 is 0 Å². The molecule has 14 heteroatoms. The van der Waals surface area contributed by atoms with Gasteiger partial charge in [0.1, 0.15) is 0 Å². The number of hydrogen-bond acceptors (Lipinski definition) is 10. The van der Waals surface area contributed by atoms with Crippen LogP contribution in [0.4, 0.5) is 0 Å². The minimum atomic E-state index is -3.45. The third-order valence-corrected chi connectivity index (χ3v) is 2.43. The average molecular weight is 463 g/mol. The summed E-state index contributed by atoms with van der Waals surface area (Å²) in [5, 5.41) is 16.0. The van der Waals surface area contributed by atoms with E-state index in [1.165, 1.54) is 24.3 Å². The molecular weight excluding hydrogens is 436 g/mol. The maximum Gasteiger partial charge on any atom is 0.264 e. The molecule has 0 unspecified atom stereocenters. The monoisotopic (exact) mass is 462 g/mol. The van der Waals surface area contributed by atoms with E-state index in [1.54, 1.807) is 0 Å². The minimum absolute atomic E-state index is 0. The van der Waals surface area contributed by atoms with Gasteiger partial charge in [-0.3, -0.25) is 8.37 Å². The zero-order valence-corrected chi connectivity index (χ0v) is 17.1. The standard InChI is InChI=1S/C6H12O6S2.C4H8O2.CH3ClO2S.CH4/c1-13(7,8)11-5-3-4-6-12-14(2,9)10;5-3-1-2-4-6;1-5(2,3)4;/h3-4H,5-6H2,1-2H3;1-2,5-6H,3-4H2;1H3;1H4/b4-3-;2-1-;;. The molecule has 0 rings (SSSR count). The van der Waals surface area contributed by atoms with Crippen LogP contribution in [0.25, 0.3) is 0 Å². The summed E-state index contributed by atoms with van der Waals surface area (Å²) in [6.07, 6.45) is 8.45. The molecule has 0 aliphatic carbocycles. The van der Waals surface area contributed by atoms with Crippen LogP contribution in [-0.2, 0) is 37.7 Å². The highest BCUT2D eigenvalue weighted by Crippen LogP contribution is 1.89. The number of rotatable bonds is 8. The molecule has 0 saturated heterocycles. The zero-order chi connectivity index (χ0) is 20.6. The lowest BCUT2D eigenvalue weighted by molar-refractivity contribution is 0.329. The van der Waals surface area contributed by atoms with Crippen LogP contribution in [0.3, 0.4) is 0 Å². The van der Waals surface area contributed by atoms with Crippen LogP contribution in [0.2, 0.25) is 0 Å². The first-order chi connectivity index (χ1) is 11.1. The van der Waals surface area contributed by atoms with Crippen LogP contribution in [0.1, 0.15) is 7.43 Å². The van der Waals surface area contributed by atoms with E-state index >= 15 is 0 Å². The second kappa shape index (κ2) is 17.9. The fourth-order valence-electron chi connectivity index (χ4n) is 0.611. The van der Waals surface area contributed by atoms with E-state index in [-0.39, 0.29) is 33.9 Å². The molecule has 0 aromatic heterocycles. The molecule has 0 heterocycles. The Labute approximate surface area is 160 Å². The van der Waals surface area contributed by atoms with E-state index in [1.807, 2.05) is 0 Å². The molecule has 2 N–H and O–H groups in total. The van der Waals surface area contributed by atoms with Gasteiger partial charge in [-0.25, -0.2) is 8.42 Å². The van der Waals surface area contributed by atoms with Gasteiger partial charge in [-0.15, -0.1) is 0 Å². The highest BCUT2D eigenvalue weighted by molar-refractivity contribution is 8.13. The van der Waals surface area contributed by atoms with Gasteiger partial charge in [0.05, 0.1) is 45.2 Å².